The van der Waals surface area contributed by atoms with E-state index < -0.39 is 5.41 Å². The lowest BCUT2D eigenvalue weighted by Crippen LogP contribution is -2.28. The van der Waals surface area contributed by atoms with Gasteiger partial charge < -0.3 is 8.83 Å². The highest BCUT2D eigenvalue weighted by Crippen LogP contribution is 2.56. The van der Waals surface area contributed by atoms with E-state index in [2.05, 4.69) is 146 Å². The molecule has 0 atom stereocenters. The molecule has 0 unspecified atom stereocenters. The fourth-order valence-electron chi connectivity index (χ4n) is 9.95. The summed E-state index contributed by atoms with van der Waals surface area (Å²) in [5.74, 6) is 1.79. The van der Waals surface area contributed by atoms with Crippen LogP contribution in [-0.4, -0.2) is 15.0 Å². The third-order valence-electron chi connectivity index (χ3n) is 12.8. The van der Waals surface area contributed by atoms with Gasteiger partial charge in [-0.15, -0.1) is 0 Å². The van der Waals surface area contributed by atoms with Crippen molar-refractivity contribution in [3.8, 4) is 56.4 Å². The van der Waals surface area contributed by atoms with E-state index in [0.717, 1.165) is 71.7 Å². The summed E-state index contributed by atoms with van der Waals surface area (Å²) in [4.78, 5) is 15.2. The van der Waals surface area contributed by atoms with Gasteiger partial charge in [-0.25, -0.2) is 15.0 Å². The SMILES string of the molecule is c1ccc(-c2nc(-c3cccc(-c4ccc(C5(c6ccc7c(c6)oc6ccccc67)c6ccccc6-c6ccccc65)cc4)c3)nc(-c3ccc4c(c3)oc3ccccc34)n2)cc1. The molecule has 0 saturated heterocycles. The van der Waals surface area contributed by atoms with Crippen molar-refractivity contribution in [2.24, 2.45) is 0 Å². The molecule has 0 amide bonds. The summed E-state index contributed by atoms with van der Waals surface area (Å²) in [6.07, 6.45) is 0. The molecule has 0 bridgehead atoms. The van der Waals surface area contributed by atoms with Crippen LogP contribution >= 0.6 is 0 Å². The van der Waals surface area contributed by atoms with E-state index in [1.54, 1.807) is 0 Å². The van der Waals surface area contributed by atoms with Crippen LogP contribution < -0.4 is 0 Å². The number of benzene rings is 9. The molecule has 5 heteroatoms. The van der Waals surface area contributed by atoms with Crippen LogP contribution in [0.15, 0.2) is 221 Å². The number of fused-ring (bicyclic) bond motifs is 9. The zero-order valence-electron chi connectivity index (χ0n) is 33.9. The summed E-state index contributed by atoms with van der Waals surface area (Å²) >= 11 is 0. The quantitative estimate of drug-likeness (QED) is 0.167. The van der Waals surface area contributed by atoms with Gasteiger partial charge in [0.05, 0.1) is 5.41 Å². The van der Waals surface area contributed by atoms with E-state index in [0.29, 0.717) is 17.5 Å². The molecule has 13 rings (SSSR count). The smallest absolute Gasteiger partial charge is 0.164 e. The van der Waals surface area contributed by atoms with Gasteiger partial charge in [-0.2, -0.15) is 0 Å². The number of nitrogens with zero attached hydrogens (tertiary/aromatic N) is 3. The Hall–Kier alpha value is -8.41. The van der Waals surface area contributed by atoms with Gasteiger partial charge in [0.1, 0.15) is 22.3 Å². The van der Waals surface area contributed by atoms with Crippen molar-refractivity contribution in [2.75, 3.05) is 0 Å². The third-order valence-corrected chi connectivity index (χ3v) is 12.8. The van der Waals surface area contributed by atoms with E-state index in [9.17, 15) is 0 Å². The average molecular weight is 806 g/mol. The molecule has 3 aromatic heterocycles. The Morgan fingerprint density at radius 1 is 0.286 bits per heavy atom. The average Bonchev–Trinajstić information content (AvgIpc) is 4.02. The van der Waals surface area contributed by atoms with Crippen molar-refractivity contribution in [3.63, 3.8) is 0 Å². The first-order valence-electron chi connectivity index (χ1n) is 21.2. The van der Waals surface area contributed by atoms with E-state index in [4.69, 9.17) is 23.8 Å². The molecule has 0 aliphatic heterocycles. The summed E-state index contributed by atoms with van der Waals surface area (Å²) in [5, 5.41) is 4.39. The van der Waals surface area contributed by atoms with Gasteiger partial charge in [0.2, 0.25) is 0 Å². The molecule has 5 nitrogen and oxygen atoms in total. The van der Waals surface area contributed by atoms with Crippen LogP contribution in [-0.2, 0) is 5.41 Å². The molecule has 3 heterocycles. The van der Waals surface area contributed by atoms with Crippen LogP contribution in [0, 0.1) is 0 Å². The van der Waals surface area contributed by atoms with Crippen molar-refractivity contribution < 1.29 is 8.83 Å². The van der Waals surface area contributed by atoms with Crippen LogP contribution in [0.2, 0.25) is 0 Å². The molecule has 0 radical (unpaired) electrons. The molecule has 9 aromatic carbocycles. The zero-order chi connectivity index (χ0) is 41.5. The number of para-hydroxylation sites is 2. The number of furan rings is 2. The third kappa shape index (κ3) is 5.46. The van der Waals surface area contributed by atoms with Crippen LogP contribution in [0.1, 0.15) is 22.3 Å². The number of aromatic nitrogens is 3. The van der Waals surface area contributed by atoms with Gasteiger partial charge in [0.25, 0.3) is 0 Å². The minimum Gasteiger partial charge on any atom is -0.456 e. The predicted molar refractivity (Wildman–Crippen MR) is 253 cm³/mol. The molecule has 0 fully saturated rings. The fraction of sp³-hybridized carbons (Fsp3) is 0.0172. The largest absolute Gasteiger partial charge is 0.456 e. The zero-order valence-corrected chi connectivity index (χ0v) is 33.9. The van der Waals surface area contributed by atoms with Crippen molar-refractivity contribution in [3.05, 3.63) is 235 Å². The molecule has 0 spiro atoms. The number of hydrogen-bond donors (Lipinski definition) is 0. The van der Waals surface area contributed by atoms with Gasteiger partial charge in [-0.3, -0.25) is 0 Å². The van der Waals surface area contributed by atoms with Crippen LogP contribution in [0.5, 0.6) is 0 Å². The second-order valence-corrected chi connectivity index (χ2v) is 16.3. The maximum atomic E-state index is 6.51. The standard InChI is InChI=1S/C58H35N3O2/c1-2-13-37(14-3-1)55-59-56(61-57(60-55)40-27-31-47-45-19-6-10-23-51(45)62-53(47)34-40)39-16-12-15-38(33-39)36-25-28-41(29-26-36)58(49-21-8-4-17-43(49)44-18-5-9-22-50(44)58)42-30-32-48-46-20-7-11-24-52(46)63-54(48)35-42/h1-35H. The maximum absolute atomic E-state index is 6.51. The van der Waals surface area contributed by atoms with Gasteiger partial charge >= 0.3 is 0 Å². The number of rotatable bonds is 6. The van der Waals surface area contributed by atoms with E-state index >= 15 is 0 Å². The minimum atomic E-state index is -0.568. The van der Waals surface area contributed by atoms with Gasteiger partial charge in [-0.05, 0) is 80.9 Å². The Labute approximate surface area is 362 Å². The van der Waals surface area contributed by atoms with E-state index in [1.807, 2.05) is 66.7 Å². The van der Waals surface area contributed by atoms with Crippen molar-refractivity contribution in [2.45, 2.75) is 5.41 Å². The van der Waals surface area contributed by atoms with Gasteiger partial charge in [0.15, 0.2) is 17.5 Å². The first kappa shape index (κ1) is 35.4. The monoisotopic (exact) mass is 805 g/mol. The normalized spacial score (nSPS) is 12.9. The summed E-state index contributed by atoms with van der Waals surface area (Å²) < 4.78 is 12.8. The highest BCUT2D eigenvalue weighted by Gasteiger charge is 2.46. The summed E-state index contributed by atoms with van der Waals surface area (Å²) in [5.41, 5.74) is 15.1. The first-order valence-corrected chi connectivity index (χ1v) is 21.2. The van der Waals surface area contributed by atoms with Crippen LogP contribution in [0.4, 0.5) is 0 Å². The van der Waals surface area contributed by atoms with Gasteiger partial charge in [0, 0.05) is 38.2 Å². The van der Waals surface area contributed by atoms with E-state index in [1.165, 1.54) is 33.4 Å². The topological polar surface area (TPSA) is 65.0 Å². The summed E-state index contributed by atoms with van der Waals surface area (Å²) in [6, 6.07) is 74.7. The first-order chi connectivity index (χ1) is 31.2. The summed E-state index contributed by atoms with van der Waals surface area (Å²) in [7, 11) is 0. The fourth-order valence-corrected chi connectivity index (χ4v) is 9.95. The molecule has 0 N–H and O–H groups in total. The highest BCUT2D eigenvalue weighted by atomic mass is 16.3. The predicted octanol–water partition coefficient (Wildman–Crippen LogP) is 14.7. The Bertz CT molecular complexity index is 3710. The Morgan fingerprint density at radius 2 is 0.746 bits per heavy atom. The Morgan fingerprint density at radius 3 is 1.41 bits per heavy atom. The van der Waals surface area contributed by atoms with Crippen LogP contribution in [0.25, 0.3) is 100 Å². The second kappa shape index (κ2) is 13.8. The lowest BCUT2D eigenvalue weighted by Gasteiger charge is -2.34. The molecule has 294 valence electrons. The molecule has 12 aromatic rings. The Kier molecular flexibility index (Phi) is 7.75. The highest BCUT2D eigenvalue weighted by molar-refractivity contribution is 6.06. The molecule has 1 aliphatic rings. The van der Waals surface area contributed by atoms with Crippen molar-refractivity contribution >= 4 is 43.9 Å². The second-order valence-electron chi connectivity index (χ2n) is 16.3. The molecular weight excluding hydrogens is 771 g/mol. The minimum absolute atomic E-state index is 0.568. The lowest BCUT2D eigenvalue weighted by molar-refractivity contribution is 0.665. The molecule has 63 heavy (non-hydrogen) atoms. The van der Waals surface area contributed by atoms with Gasteiger partial charge in [-0.1, -0.05) is 176 Å². The van der Waals surface area contributed by atoms with E-state index in [-0.39, 0.29) is 0 Å². The van der Waals surface area contributed by atoms with Crippen molar-refractivity contribution in [1.29, 1.82) is 0 Å². The Balaban J connectivity index is 0.930. The van der Waals surface area contributed by atoms with Crippen molar-refractivity contribution in [1.82, 2.24) is 15.0 Å². The van der Waals surface area contributed by atoms with Crippen LogP contribution in [0.3, 0.4) is 0 Å². The lowest BCUT2D eigenvalue weighted by atomic mass is 9.67. The number of hydrogen-bond acceptors (Lipinski definition) is 5. The molecule has 1 aliphatic carbocycles. The summed E-state index contributed by atoms with van der Waals surface area (Å²) in [6.45, 7) is 0. The maximum Gasteiger partial charge on any atom is 0.164 e. The molecule has 0 saturated carbocycles. The molecular formula is C58H35N3O2.